The molecule has 2 saturated heterocycles. The predicted molar refractivity (Wildman–Crippen MR) is 102 cm³/mol. The van der Waals surface area contributed by atoms with Crippen molar-refractivity contribution in [1.82, 2.24) is 13.9 Å². The van der Waals surface area contributed by atoms with E-state index in [2.05, 4.69) is 5.32 Å². The number of carbonyl (C=O) groups is 1. The Labute approximate surface area is 160 Å². The summed E-state index contributed by atoms with van der Waals surface area (Å²) in [4.78, 5) is 12.5. The van der Waals surface area contributed by atoms with Crippen molar-refractivity contribution in [2.24, 2.45) is 5.92 Å². The van der Waals surface area contributed by atoms with E-state index in [0.29, 0.717) is 37.6 Å². The minimum Gasteiger partial charge on any atom is -0.352 e. The van der Waals surface area contributed by atoms with Gasteiger partial charge < -0.3 is 5.32 Å². The minimum absolute atomic E-state index is 0.0847. The van der Waals surface area contributed by atoms with E-state index in [1.807, 2.05) is 12.1 Å². The highest BCUT2D eigenvalue weighted by molar-refractivity contribution is 7.86. The smallest absolute Gasteiger partial charge is 0.281 e. The minimum atomic E-state index is -3.45. The van der Waals surface area contributed by atoms with Crippen LogP contribution in [-0.2, 0) is 21.5 Å². The molecule has 1 aromatic carbocycles. The molecule has 0 bridgehead atoms. The van der Waals surface area contributed by atoms with Gasteiger partial charge in [0.05, 0.1) is 5.92 Å². The molecule has 0 unspecified atom stereocenters. The molecule has 0 aliphatic carbocycles. The monoisotopic (exact) mass is 399 g/mol. The Hall–Kier alpha value is -1.15. The first kappa shape index (κ1) is 19.6. The normalized spacial score (nSPS) is 22.9. The fourth-order valence-corrected chi connectivity index (χ4v) is 5.46. The number of carbonyl (C=O) groups excluding carboxylic acids is 1. The van der Waals surface area contributed by atoms with E-state index in [9.17, 15) is 13.2 Å². The van der Waals surface area contributed by atoms with Crippen LogP contribution in [0, 0.1) is 5.92 Å². The first-order valence-corrected chi connectivity index (χ1v) is 11.0. The van der Waals surface area contributed by atoms with E-state index in [1.54, 1.807) is 16.4 Å². The quantitative estimate of drug-likeness (QED) is 0.826. The standard InChI is InChI=1S/C18H26ClN3O3S/c19-17-8-6-15(7-9-17)13-20-18(23)16-5-4-12-22(14-16)26(24,25)21-10-2-1-3-11-21/h6-9,16H,1-5,10-14H2,(H,20,23)/t16-/m1/s1. The van der Waals surface area contributed by atoms with Crippen LogP contribution >= 0.6 is 11.6 Å². The van der Waals surface area contributed by atoms with Crippen molar-refractivity contribution in [1.29, 1.82) is 0 Å². The predicted octanol–water partition coefficient (Wildman–Crippen LogP) is 2.40. The molecular formula is C18H26ClN3O3S. The van der Waals surface area contributed by atoms with Crippen molar-refractivity contribution >= 4 is 27.7 Å². The number of hydrogen-bond acceptors (Lipinski definition) is 3. The molecule has 2 aliphatic rings. The second kappa shape index (κ2) is 8.69. The van der Waals surface area contributed by atoms with E-state index in [-0.39, 0.29) is 18.4 Å². The lowest BCUT2D eigenvalue weighted by atomic mass is 9.99. The molecule has 1 aromatic rings. The van der Waals surface area contributed by atoms with Gasteiger partial charge in [-0.3, -0.25) is 4.79 Å². The van der Waals surface area contributed by atoms with E-state index in [1.165, 1.54) is 4.31 Å². The van der Waals surface area contributed by atoms with Crippen LogP contribution in [0.2, 0.25) is 5.02 Å². The van der Waals surface area contributed by atoms with Gasteiger partial charge in [0.1, 0.15) is 0 Å². The number of halogens is 1. The molecule has 0 radical (unpaired) electrons. The Morgan fingerprint density at radius 1 is 1.04 bits per heavy atom. The maximum absolute atomic E-state index is 12.8. The number of nitrogens with one attached hydrogen (secondary N) is 1. The third kappa shape index (κ3) is 4.76. The second-order valence-electron chi connectivity index (χ2n) is 7.01. The zero-order valence-corrected chi connectivity index (χ0v) is 16.4. The SMILES string of the molecule is O=C(NCc1ccc(Cl)cc1)[C@@H]1CCCN(S(=O)(=O)N2CCCCC2)C1. The summed E-state index contributed by atoms with van der Waals surface area (Å²) in [6.07, 6.45) is 4.35. The van der Waals surface area contributed by atoms with Crippen molar-refractivity contribution in [3.8, 4) is 0 Å². The molecule has 2 fully saturated rings. The third-order valence-corrected chi connectivity index (χ3v) is 7.36. The van der Waals surface area contributed by atoms with Crippen LogP contribution in [0.1, 0.15) is 37.7 Å². The fourth-order valence-electron chi connectivity index (χ4n) is 3.56. The van der Waals surface area contributed by atoms with E-state index < -0.39 is 10.2 Å². The van der Waals surface area contributed by atoms with Gasteiger partial charge in [0.25, 0.3) is 10.2 Å². The Balaban J connectivity index is 1.56. The second-order valence-corrected chi connectivity index (χ2v) is 9.37. The van der Waals surface area contributed by atoms with E-state index in [4.69, 9.17) is 11.6 Å². The number of rotatable bonds is 5. The summed E-state index contributed by atoms with van der Waals surface area (Å²) in [5.74, 6) is -0.380. The number of piperidine rings is 2. The molecule has 26 heavy (non-hydrogen) atoms. The van der Waals surface area contributed by atoms with Gasteiger partial charge in [-0.25, -0.2) is 0 Å². The highest BCUT2D eigenvalue weighted by atomic mass is 35.5. The molecule has 3 rings (SSSR count). The molecule has 0 spiro atoms. The molecule has 0 aromatic heterocycles. The number of hydrogen-bond donors (Lipinski definition) is 1. The number of amides is 1. The topological polar surface area (TPSA) is 69.7 Å². The van der Waals surface area contributed by atoms with Crippen molar-refractivity contribution < 1.29 is 13.2 Å². The molecule has 1 atom stereocenters. The highest BCUT2D eigenvalue weighted by Crippen LogP contribution is 2.23. The first-order valence-electron chi connectivity index (χ1n) is 9.24. The van der Waals surface area contributed by atoms with Gasteiger partial charge in [0, 0.05) is 37.7 Å². The summed E-state index contributed by atoms with van der Waals surface area (Å²) in [6, 6.07) is 7.32. The van der Waals surface area contributed by atoms with Gasteiger partial charge in [0.15, 0.2) is 0 Å². The summed E-state index contributed by atoms with van der Waals surface area (Å²) in [5, 5.41) is 3.58. The lowest BCUT2D eigenvalue weighted by molar-refractivity contribution is -0.126. The Bertz CT molecular complexity index is 718. The number of benzene rings is 1. The van der Waals surface area contributed by atoms with E-state index in [0.717, 1.165) is 31.2 Å². The Kier molecular flexibility index (Phi) is 6.55. The first-order chi connectivity index (χ1) is 12.5. The largest absolute Gasteiger partial charge is 0.352 e. The lowest BCUT2D eigenvalue weighted by Gasteiger charge is -2.36. The Morgan fingerprint density at radius 3 is 2.38 bits per heavy atom. The van der Waals surface area contributed by atoms with Crippen LogP contribution in [0.5, 0.6) is 0 Å². The van der Waals surface area contributed by atoms with Gasteiger partial charge in [0.2, 0.25) is 5.91 Å². The van der Waals surface area contributed by atoms with Gasteiger partial charge in [-0.05, 0) is 43.4 Å². The van der Waals surface area contributed by atoms with Crippen LogP contribution in [0.25, 0.3) is 0 Å². The Morgan fingerprint density at radius 2 is 1.69 bits per heavy atom. The highest BCUT2D eigenvalue weighted by Gasteiger charge is 2.36. The molecule has 6 nitrogen and oxygen atoms in total. The summed E-state index contributed by atoms with van der Waals surface area (Å²) in [6.45, 7) is 2.37. The molecule has 1 amide bonds. The molecule has 1 N–H and O–H groups in total. The van der Waals surface area contributed by atoms with Gasteiger partial charge in [-0.2, -0.15) is 17.0 Å². The van der Waals surface area contributed by atoms with Crippen LogP contribution < -0.4 is 5.32 Å². The molecule has 8 heteroatoms. The molecule has 144 valence electrons. The van der Waals surface area contributed by atoms with Gasteiger partial charge in [-0.15, -0.1) is 0 Å². The van der Waals surface area contributed by atoms with Gasteiger partial charge in [-0.1, -0.05) is 30.2 Å². The summed E-state index contributed by atoms with van der Waals surface area (Å²) < 4.78 is 28.7. The maximum Gasteiger partial charge on any atom is 0.281 e. The zero-order valence-electron chi connectivity index (χ0n) is 14.9. The summed E-state index contributed by atoms with van der Waals surface area (Å²) in [7, 11) is -3.45. The molecule has 2 heterocycles. The van der Waals surface area contributed by atoms with Crippen molar-refractivity contribution in [3.63, 3.8) is 0 Å². The molecular weight excluding hydrogens is 374 g/mol. The maximum atomic E-state index is 12.8. The average Bonchev–Trinajstić information content (AvgIpc) is 2.68. The zero-order chi connectivity index (χ0) is 18.6. The summed E-state index contributed by atoms with van der Waals surface area (Å²) in [5.41, 5.74) is 0.969. The van der Waals surface area contributed by atoms with Crippen LogP contribution in [0.15, 0.2) is 24.3 Å². The van der Waals surface area contributed by atoms with Crippen LogP contribution in [0.3, 0.4) is 0 Å². The number of nitrogens with zero attached hydrogens (tertiary/aromatic N) is 2. The average molecular weight is 400 g/mol. The summed E-state index contributed by atoms with van der Waals surface area (Å²) >= 11 is 5.87. The van der Waals surface area contributed by atoms with Crippen molar-refractivity contribution in [2.75, 3.05) is 26.2 Å². The van der Waals surface area contributed by atoms with Crippen LogP contribution in [-0.4, -0.2) is 49.1 Å². The van der Waals surface area contributed by atoms with Crippen LogP contribution in [0.4, 0.5) is 0 Å². The molecule has 2 aliphatic heterocycles. The molecule has 0 saturated carbocycles. The van der Waals surface area contributed by atoms with Crippen molar-refractivity contribution in [2.45, 2.75) is 38.6 Å². The fraction of sp³-hybridized carbons (Fsp3) is 0.611. The van der Waals surface area contributed by atoms with Crippen molar-refractivity contribution in [3.05, 3.63) is 34.9 Å². The third-order valence-electron chi connectivity index (χ3n) is 5.10. The van der Waals surface area contributed by atoms with Gasteiger partial charge >= 0.3 is 0 Å². The lowest BCUT2D eigenvalue weighted by Crippen LogP contribution is -2.51. The van der Waals surface area contributed by atoms with E-state index >= 15 is 0 Å².